The quantitative estimate of drug-likeness (QED) is 0.133. The molecule has 0 radical (unpaired) electrons. The van der Waals surface area contributed by atoms with Crippen LogP contribution in [0.25, 0.3) is 22.4 Å². The number of nitrogens with two attached hydrogens (primary N) is 1. The predicted molar refractivity (Wildman–Crippen MR) is 199 cm³/mol. The van der Waals surface area contributed by atoms with Crippen molar-refractivity contribution >= 4 is 18.0 Å². The molecule has 0 aliphatic heterocycles. The maximum atomic E-state index is 6.49. The number of aryl methyl sites for hydroxylation is 1. The zero-order valence-corrected chi connectivity index (χ0v) is 26.5. The molecule has 0 bridgehead atoms. The van der Waals surface area contributed by atoms with Crippen molar-refractivity contribution in [3.63, 3.8) is 0 Å². The fraction of sp³-hybridized carbons (Fsp3) is 0.0682. The number of benzene rings is 6. The smallest absolute Gasteiger partial charge is 0.0393 e. The van der Waals surface area contributed by atoms with E-state index in [1.807, 2.05) is 54.6 Å². The van der Waals surface area contributed by atoms with Crippen LogP contribution in [0, 0.1) is 12.3 Å². The zero-order chi connectivity index (χ0) is 32.4. The maximum Gasteiger partial charge on any atom is 0.0393 e. The summed E-state index contributed by atoms with van der Waals surface area (Å²) in [7, 11) is 0. The lowest BCUT2D eigenvalue weighted by atomic mass is 9.96. The van der Waals surface area contributed by atoms with Gasteiger partial charge in [0.15, 0.2) is 0 Å². The first kappa shape index (κ1) is 33.2. The second-order valence-electron chi connectivity index (χ2n) is 10.9. The van der Waals surface area contributed by atoms with Crippen molar-refractivity contribution in [2.45, 2.75) is 19.8 Å². The third-order valence-corrected chi connectivity index (χ3v) is 7.46. The standard InChI is InChI=1S/C36H31N.C7H8.CH3N/c37-36(32-18-8-3-9-19-32)27-35(31-16-6-2-7-17-31)23-22-29-14-10-20-33(25-29)34-21-11-15-30(26-34)24-28-12-4-1-5-13-28;1-7-5-3-2-4-6-7;1-2/h1-21,23,25-27H,22,24,37H2;2-6H,1H3;2H,1H2/b35-23+,36-27-;;. The van der Waals surface area contributed by atoms with E-state index in [1.165, 1.54) is 33.4 Å². The summed E-state index contributed by atoms with van der Waals surface area (Å²) in [4.78, 5) is 0. The topological polar surface area (TPSA) is 49.9 Å². The second-order valence-corrected chi connectivity index (χ2v) is 10.9. The monoisotopic (exact) mass is 598 g/mol. The highest BCUT2D eigenvalue weighted by atomic mass is 14.6. The van der Waals surface area contributed by atoms with Crippen LogP contribution in [0.3, 0.4) is 0 Å². The maximum absolute atomic E-state index is 6.49. The van der Waals surface area contributed by atoms with E-state index in [0.29, 0.717) is 0 Å². The van der Waals surface area contributed by atoms with Gasteiger partial charge in [-0.05, 0) is 77.1 Å². The Kier molecular flexibility index (Phi) is 13.1. The molecule has 228 valence electrons. The summed E-state index contributed by atoms with van der Waals surface area (Å²) in [5.41, 5.74) is 18.3. The zero-order valence-electron chi connectivity index (χ0n) is 26.5. The van der Waals surface area contributed by atoms with Gasteiger partial charge in [0.05, 0.1) is 0 Å². The molecule has 6 aromatic carbocycles. The Morgan fingerprint density at radius 1 is 0.543 bits per heavy atom. The minimum absolute atomic E-state index is 0.764. The average molecular weight is 599 g/mol. The lowest BCUT2D eigenvalue weighted by Gasteiger charge is -2.09. The van der Waals surface area contributed by atoms with Crippen LogP contribution in [-0.4, -0.2) is 6.72 Å². The van der Waals surface area contributed by atoms with Gasteiger partial charge in [-0.1, -0.05) is 181 Å². The third-order valence-electron chi connectivity index (χ3n) is 7.46. The lowest BCUT2D eigenvalue weighted by Crippen LogP contribution is -1.97. The third kappa shape index (κ3) is 10.5. The summed E-state index contributed by atoms with van der Waals surface area (Å²) >= 11 is 0. The molecule has 0 fully saturated rings. The van der Waals surface area contributed by atoms with Gasteiger partial charge in [0.1, 0.15) is 0 Å². The minimum atomic E-state index is 0.764. The van der Waals surface area contributed by atoms with Crippen LogP contribution >= 0.6 is 0 Å². The van der Waals surface area contributed by atoms with E-state index < -0.39 is 0 Å². The first-order valence-corrected chi connectivity index (χ1v) is 15.5. The van der Waals surface area contributed by atoms with E-state index in [9.17, 15) is 0 Å². The molecule has 3 N–H and O–H groups in total. The Morgan fingerprint density at radius 2 is 1.00 bits per heavy atom. The number of hydrogen-bond donors (Lipinski definition) is 2. The summed E-state index contributed by atoms with van der Waals surface area (Å²) in [5, 5.41) is 5.50. The molecule has 0 saturated heterocycles. The van der Waals surface area contributed by atoms with Crippen LogP contribution in [0.15, 0.2) is 182 Å². The van der Waals surface area contributed by atoms with Gasteiger partial charge in [0.25, 0.3) is 0 Å². The molecule has 6 aromatic rings. The SMILES string of the molecule is C=N.Cc1ccccc1.N/C(=C\C(=C/Cc1cccc(-c2cccc(Cc3ccccc3)c2)c1)c1ccccc1)c1ccccc1. The van der Waals surface area contributed by atoms with E-state index in [-0.39, 0.29) is 0 Å². The van der Waals surface area contributed by atoms with Crippen LogP contribution in [0.1, 0.15) is 33.4 Å². The summed E-state index contributed by atoms with van der Waals surface area (Å²) < 4.78 is 0. The van der Waals surface area contributed by atoms with Crippen molar-refractivity contribution in [3.8, 4) is 11.1 Å². The molecule has 46 heavy (non-hydrogen) atoms. The van der Waals surface area contributed by atoms with Crippen molar-refractivity contribution in [1.29, 1.82) is 5.41 Å². The Bertz CT molecular complexity index is 1810. The van der Waals surface area contributed by atoms with Gasteiger partial charge < -0.3 is 11.1 Å². The van der Waals surface area contributed by atoms with Crippen LogP contribution in [0.4, 0.5) is 0 Å². The van der Waals surface area contributed by atoms with Crippen molar-refractivity contribution in [3.05, 3.63) is 215 Å². The van der Waals surface area contributed by atoms with Gasteiger partial charge in [0.2, 0.25) is 0 Å². The van der Waals surface area contributed by atoms with Crippen molar-refractivity contribution in [2.75, 3.05) is 0 Å². The fourth-order valence-electron chi connectivity index (χ4n) is 5.10. The Balaban J connectivity index is 0.000000466. The van der Waals surface area contributed by atoms with Crippen LogP contribution in [0.2, 0.25) is 0 Å². The highest BCUT2D eigenvalue weighted by Crippen LogP contribution is 2.25. The first-order valence-electron chi connectivity index (χ1n) is 15.5. The fourth-order valence-corrected chi connectivity index (χ4v) is 5.10. The van der Waals surface area contributed by atoms with Gasteiger partial charge in [-0.15, -0.1) is 0 Å². The summed E-state index contributed by atoms with van der Waals surface area (Å²) in [6.07, 6.45) is 6.12. The number of allylic oxidation sites excluding steroid dienone is 3. The molecule has 0 heterocycles. The van der Waals surface area contributed by atoms with E-state index in [2.05, 4.69) is 141 Å². The van der Waals surface area contributed by atoms with Crippen molar-refractivity contribution in [1.82, 2.24) is 0 Å². The molecule has 0 atom stereocenters. The van der Waals surface area contributed by atoms with Gasteiger partial charge in [0, 0.05) is 5.70 Å². The minimum Gasteiger partial charge on any atom is -0.398 e. The van der Waals surface area contributed by atoms with Gasteiger partial charge in [-0.3, -0.25) is 0 Å². The number of hydrogen-bond acceptors (Lipinski definition) is 2. The molecule has 6 rings (SSSR count). The molecule has 0 aliphatic rings. The Morgan fingerprint density at radius 3 is 1.54 bits per heavy atom. The summed E-state index contributed by atoms with van der Waals surface area (Å²) in [6.45, 7) is 4.58. The number of nitrogens with one attached hydrogen (secondary N) is 1. The first-order chi connectivity index (χ1) is 22.6. The molecule has 0 aromatic heterocycles. The second kappa shape index (κ2) is 18.2. The van der Waals surface area contributed by atoms with Crippen LogP contribution < -0.4 is 5.73 Å². The molecule has 2 nitrogen and oxygen atoms in total. The highest BCUT2D eigenvalue weighted by molar-refractivity contribution is 5.83. The number of rotatable bonds is 8. The molecule has 0 spiro atoms. The molecule has 0 saturated carbocycles. The van der Waals surface area contributed by atoms with Gasteiger partial charge in [-0.25, -0.2) is 0 Å². The summed E-state index contributed by atoms with van der Waals surface area (Å²) in [5.74, 6) is 0. The van der Waals surface area contributed by atoms with Crippen LogP contribution in [0.5, 0.6) is 0 Å². The molecule has 0 amide bonds. The molecule has 0 unspecified atom stereocenters. The largest absolute Gasteiger partial charge is 0.398 e. The Hall–Kier alpha value is -5.73. The molecule has 0 aliphatic carbocycles. The van der Waals surface area contributed by atoms with E-state index in [0.717, 1.165) is 35.2 Å². The van der Waals surface area contributed by atoms with E-state index >= 15 is 0 Å². The van der Waals surface area contributed by atoms with E-state index in [1.54, 1.807) is 0 Å². The predicted octanol–water partition coefficient (Wildman–Crippen LogP) is 10.8. The van der Waals surface area contributed by atoms with Gasteiger partial charge in [-0.2, -0.15) is 0 Å². The molecular formula is C44H42N2. The molecule has 2 heteroatoms. The van der Waals surface area contributed by atoms with Crippen molar-refractivity contribution in [2.24, 2.45) is 5.73 Å². The lowest BCUT2D eigenvalue weighted by molar-refractivity contribution is 1.19. The highest BCUT2D eigenvalue weighted by Gasteiger charge is 2.05. The van der Waals surface area contributed by atoms with Crippen LogP contribution in [-0.2, 0) is 12.8 Å². The van der Waals surface area contributed by atoms with Gasteiger partial charge >= 0.3 is 0 Å². The summed E-state index contributed by atoms with van der Waals surface area (Å²) in [6, 6.07) is 59.2. The normalized spacial score (nSPS) is 11.0. The van der Waals surface area contributed by atoms with E-state index in [4.69, 9.17) is 11.1 Å². The average Bonchev–Trinajstić information content (AvgIpc) is 3.13. The molecular weight excluding hydrogens is 556 g/mol. The van der Waals surface area contributed by atoms with Crippen molar-refractivity contribution < 1.29 is 0 Å². The Labute approximate surface area is 274 Å².